The predicted octanol–water partition coefficient (Wildman–Crippen LogP) is 4.68. The van der Waals surface area contributed by atoms with Gasteiger partial charge < -0.3 is 9.74 Å². The van der Waals surface area contributed by atoms with Gasteiger partial charge in [-0.15, -0.1) is 0 Å². The maximum Gasteiger partial charge on any atom is 0.226 e. The summed E-state index contributed by atoms with van der Waals surface area (Å²) in [5.74, 6) is -0.571. The van der Waals surface area contributed by atoms with Crippen molar-refractivity contribution in [2.45, 2.75) is 44.8 Å². The minimum Gasteiger partial charge on any atom is -0.390 e. The summed E-state index contributed by atoms with van der Waals surface area (Å²) in [7, 11) is 0. The van der Waals surface area contributed by atoms with Crippen LogP contribution in [0.5, 0.6) is 0 Å². The van der Waals surface area contributed by atoms with Crippen molar-refractivity contribution in [3.63, 3.8) is 0 Å². The molecule has 1 saturated carbocycles. The highest BCUT2D eigenvalue weighted by Crippen LogP contribution is 2.28. The molecule has 152 valence electrons. The lowest BCUT2D eigenvalue weighted by Gasteiger charge is -2.27. The normalized spacial score (nSPS) is 19.1. The average molecular weight is 398 g/mol. The zero-order valence-electron chi connectivity index (χ0n) is 16.2. The lowest BCUT2D eigenvalue weighted by Crippen LogP contribution is -2.40. The molecule has 2 aromatic rings. The number of carbonyl (C=O) groups excluding carboxylic acids is 1. The molecule has 1 atom stereocenters. The molecule has 2 aromatic carbocycles. The summed E-state index contributed by atoms with van der Waals surface area (Å²) in [4.78, 5) is 20.4. The van der Waals surface area contributed by atoms with Crippen molar-refractivity contribution in [1.82, 2.24) is 4.90 Å². The van der Waals surface area contributed by atoms with Gasteiger partial charge in [0.1, 0.15) is 11.6 Å². The second-order valence-corrected chi connectivity index (χ2v) is 7.78. The van der Waals surface area contributed by atoms with Gasteiger partial charge in [-0.1, -0.05) is 48.3 Å². The number of halogens is 2. The molecule has 1 aliphatic carbocycles. The molecule has 0 spiro atoms. The summed E-state index contributed by atoms with van der Waals surface area (Å²) in [6.45, 7) is 0.662. The lowest BCUT2D eigenvalue weighted by atomic mass is 10.0. The van der Waals surface area contributed by atoms with Gasteiger partial charge in [0, 0.05) is 24.4 Å². The van der Waals surface area contributed by atoms with Crippen LogP contribution >= 0.6 is 0 Å². The second-order valence-electron chi connectivity index (χ2n) is 7.78. The molecule has 2 aliphatic rings. The Kier molecular flexibility index (Phi) is 5.88. The van der Waals surface area contributed by atoms with Gasteiger partial charge in [-0.3, -0.25) is 4.79 Å². The van der Waals surface area contributed by atoms with E-state index in [4.69, 9.17) is 4.84 Å². The van der Waals surface area contributed by atoms with Crippen molar-refractivity contribution < 1.29 is 18.4 Å². The quantitative estimate of drug-likeness (QED) is 0.709. The first-order chi connectivity index (χ1) is 14.1. The Morgan fingerprint density at radius 2 is 1.90 bits per heavy atom. The lowest BCUT2D eigenvalue weighted by molar-refractivity contribution is -0.137. The fourth-order valence-electron chi connectivity index (χ4n) is 4.15. The zero-order chi connectivity index (χ0) is 20.2. The van der Waals surface area contributed by atoms with Crippen molar-refractivity contribution in [1.29, 1.82) is 0 Å². The third kappa shape index (κ3) is 4.63. The number of hydrogen-bond acceptors (Lipinski definition) is 3. The second kappa shape index (κ2) is 8.72. The third-order valence-electron chi connectivity index (χ3n) is 5.62. The van der Waals surface area contributed by atoms with Crippen molar-refractivity contribution in [3.05, 3.63) is 71.3 Å². The van der Waals surface area contributed by atoms with Crippen LogP contribution in [0.1, 0.15) is 43.2 Å². The molecular formula is C23H24F2N2O2. The Morgan fingerprint density at radius 1 is 1.10 bits per heavy atom. The Balaban J connectivity index is 1.47. The number of benzene rings is 2. The fraction of sp³-hybridized carbons (Fsp3) is 0.391. The first kappa shape index (κ1) is 19.6. The van der Waals surface area contributed by atoms with E-state index in [-0.39, 0.29) is 29.6 Å². The van der Waals surface area contributed by atoms with E-state index in [1.165, 1.54) is 18.2 Å². The Labute approximate surface area is 169 Å². The summed E-state index contributed by atoms with van der Waals surface area (Å²) in [6.07, 6.45) is 3.99. The number of oxime groups is 1. The Morgan fingerprint density at radius 3 is 2.66 bits per heavy atom. The van der Waals surface area contributed by atoms with E-state index in [9.17, 15) is 13.6 Å². The van der Waals surface area contributed by atoms with Gasteiger partial charge in [-0.25, -0.2) is 8.78 Å². The fourth-order valence-corrected chi connectivity index (χ4v) is 4.15. The number of rotatable bonds is 6. The molecule has 0 radical (unpaired) electrons. The van der Waals surface area contributed by atoms with E-state index >= 15 is 0 Å². The number of hydrogen-bond donors (Lipinski definition) is 0. The topological polar surface area (TPSA) is 41.9 Å². The van der Waals surface area contributed by atoms with Crippen LogP contribution in [0.2, 0.25) is 0 Å². The summed E-state index contributed by atoms with van der Waals surface area (Å²) >= 11 is 0. The molecule has 1 amide bonds. The molecule has 1 heterocycles. The molecule has 0 saturated heterocycles. The highest BCUT2D eigenvalue weighted by Gasteiger charge is 2.32. The van der Waals surface area contributed by atoms with E-state index in [1.54, 1.807) is 29.2 Å². The van der Waals surface area contributed by atoms with Crippen LogP contribution < -0.4 is 0 Å². The number of carbonyl (C=O) groups is 1. The molecule has 1 fully saturated rings. The largest absolute Gasteiger partial charge is 0.390 e. The van der Waals surface area contributed by atoms with Crippen LogP contribution in [0.3, 0.4) is 0 Å². The standard InChI is InChI=1S/C23H24F2N2O2/c24-18-9-5-6-16(12-18)14-27(23(28)17-7-1-2-8-17)15-19-13-22(26-29-19)20-10-3-4-11-21(20)25/h3-6,9-12,17,19H,1-2,7-8,13-15H2/t19-/m1/s1. The molecular weight excluding hydrogens is 374 g/mol. The monoisotopic (exact) mass is 398 g/mol. The van der Waals surface area contributed by atoms with Gasteiger partial charge in [0.05, 0.1) is 12.3 Å². The first-order valence-corrected chi connectivity index (χ1v) is 10.1. The molecule has 0 N–H and O–H groups in total. The molecule has 1 aliphatic heterocycles. The number of amides is 1. The van der Waals surface area contributed by atoms with E-state index in [0.29, 0.717) is 30.8 Å². The zero-order valence-corrected chi connectivity index (χ0v) is 16.2. The van der Waals surface area contributed by atoms with Gasteiger partial charge >= 0.3 is 0 Å². The molecule has 6 heteroatoms. The molecule has 0 aromatic heterocycles. The van der Waals surface area contributed by atoms with Crippen LogP contribution in [0, 0.1) is 17.6 Å². The minimum absolute atomic E-state index is 0.0110. The average Bonchev–Trinajstić information content (AvgIpc) is 3.40. The Bertz CT molecular complexity index is 909. The van der Waals surface area contributed by atoms with E-state index in [1.807, 2.05) is 6.07 Å². The number of nitrogens with zero attached hydrogens (tertiary/aromatic N) is 2. The van der Waals surface area contributed by atoms with E-state index < -0.39 is 0 Å². The van der Waals surface area contributed by atoms with Crippen molar-refractivity contribution in [2.75, 3.05) is 6.54 Å². The summed E-state index contributed by atoms with van der Waals surface area (Å²) in [6, 6.07) is 12.8. The molecule has 0 unspecified atom stereocenters. The van der Waals surface area contributed by atoms with Gasteiger partial charge in [0.15, 0.2) is 6.10 Å². The molecule has 4 rings (SSSR count). The van der Waals surface area contributed by atoms with Crippen LogP contribution in [0.15, 0.2) is 53.7 Å². The van der Waals surface area contributed by atoms with Crippen LogP contribution in [-0.4, -0.2) is 29.2 Å². The smallest absolute Gasteiger partial charge is 0.226 e. The summed E-state index contributed by atoms with van der Waals surface area (Å²) in [5, 5.41) is 4.06. The highest BCUT2D eigenvalue weighted by molar-refractivity contribution is 6.01. The summed E-state index contributed by atoms with van der Waals surface area (Å²) in [5.41, 5.74) is 1.71. The molecule has 29 heavy (non-hydrogen) atoms. The van der Waals surface area contributed by atoms with Crippen LogP contribution in [0.25, 0.3) is 0 Å². The predicted molar refractivity (Wildman–Crippen MR) is 106 cm³/mol. The van der Waals surface area contributed by atoms with Crippen molar-refractivity contribution in [2.24, 2.45) is 11.1 Å². The van der Waals surface area contributed by atoms with Crippen LogP contribution in [0.4, 0.5) is 8.78 Å². The maximum absolute atomic E-state index is 14.1. The van der Waals surface area contributed by atoms with Gasteiger partial charge in [-0.2, -0.15) is 0 Å². The molecule has 4 nitrogen and oxygen atoms in total. The maximum atomic E-state index is 14.1. The Hall–Kier alpha value is -2.76. The summed E-state index contributed by atoms with van der Waals surface area (Å²) < 4.78 is 27.7. The molecule has 0 bridgehead atoms. The van der Waals surface area contributed by atoms with Crippen molar-refractivity contribution in [3.8, 4) is 0 Å². The minimum atomic E-state index is -0.344. The first-order valence-electron chi connectivity index (χ1n) is 10.1. The third-order valence-corrected chi connectivity index (χ3v) is 5.62. The van der Waals surface area contributed by atoms with Gasteiger partial charge in [0.2, 0.25) is 5.91 Å². The van der Waals surface area contributed by atoms with E-state index in [0.717, 1.165) is 31.2 Å². The van der Waals surface area contributed by atoms with Crippen molar-refractivity contribution >= 4 is 11.6 Å². The van der Waals surface area contributed by atoms with E-state index in [2.05, 4.69) is 5.16 Å². The highest BCUT2D eigenvalue weighted by atomic mass is 19.1. The SMILES string of the molecule is O=C(C1CCCC1)N(Cc1cccc(F)c1)C[C@H]1CC(c2ccccc2F)=NO1. The van der Waals surface area contributed by atoms with Crippen LogP contribution in [-0.2, 0) is 16.2 Å². The van der Waals surface area contributed by atoms with Gasteiger partial charge in [0.25, 0.3) is 0 Å². The van der Waals surface area contributed by atoms with Gasteiger partial charge in [-0.05, 0) is 36.6 Å².